The van der Waals surface area contributed by atoms with Crippen LogP contribution in [0.25, 0.3) is 10.9 Å². The van der Waals surface area contributed by atoms with Crippen LogP contribution in [0.4, 0.5) is 0 Å². The number of para-hydroxylation sites is 1. The molecular formula is C15H20N2O. The Morgan fingerprint density at radius 2 is 2.11 bits per heavy atom. The van der Waals surface area contributed by atoms with Gasteiger partial charge in [-0.25, -0.2) is 0 Å². The second kappa shape index (κ2) is 4.09. The summed E-state index contributed by atoms with van der Waals surface area (Å²) in [7, 11) is 1.99. The summed E-state index contributed by atoms with van der Waals surface area (Å²) in [6, 6.07) is 8.32. The molecule has 1 saturated carbocycles. The number of aromatic nitrogens is 2. The van der Waals surface area contributed by atoms with E-state index < -0.39 is 0 Å². The zero-order valence-corrected chi connectivity index (χ0v) is 11.1. The lowest BCUT2D eigenvalue weighted by molar-refractivity contribution is 0.119. The third-order valence-corrected chi connectivity index (χ3v) is 4.33. The Bertz CT molecular complexity index is 571. The molecule has 3 nitrogen and oxygen atoms in total. The predicted octanol–water partition coefficient (Wildman–Crippen LogP) is 2.52. The number of benzene rings is 1. The van der Waals surface area contributed by atoms with E-state index in [1.54, 1.807) is 0 Å². The molecule has 96 valence electrons. The summed E-state index contributed by atoms with van der Waals surface area (Å²) in [4.78, 5) is 0. The molecule has 1 aromatic heterocycles. The lowest BCUT2D eigenvalue weighted by atomic mass is 9.81. The SMILES string of the molecule is Cn1nc(CC(C)(CO)C2CC2)c2ccccc21. The molecule has 0 aliphatic heterocycles. The predicted molar refractivity (Wildman–Crippen MR) is 72.3 cm³/mol. The largest absolute Gasteiger partial charge is 0.396 e. The Hall–Kier alpha value is -1.35. The maximum absolute atomic E-state index is 9.70. The number of aliphatic hydroxyl groups is 1. The van der Waals surface area contributed by atoms with Gasteiger partial charge in [-0.1, -0.05) is 25.1 Å². The highest BCUT2D eigenvalue weighted by atomic mass is 16.3. The van der Waals surface area contributed by atoms with Crippen LogP contribution in [0.2, 0.25) is 0 Å². The minimum absolute atomic E-state index is 0.00285. The molecule has 0 spiro atoms. The Kier molecular flexibility index (Phi) is 2.67. The van der Waals surface area contributed by atoms with E-state index in [1.807, 2.05) is 17.8 Å². The van der Waals surface area contributed by atoms with E-state index in [4.69, 9.17) is 0 Å². The number of nitrogens with zero attached hydrogens (tertiary/aromatic N) is 2. The summed E-state index contributed by atoms with van der Waals surface area (Å²) in [5.41, 5.74) is 2.29. The Balaban J connectivity index is 1.99. The Morgan fingerprint density at radius 1 is 1.39 bits per heavy atom. The van der Waals surface area contributed by atoms with Gasteiger partial charge in [0.05, 0.1) is 11.2 Å². The van der Waals surface area contributed by atoms with Gasteiger partial charge in [0.2, 0.25) is 0 Å². The van der Waals surface area contributed by atoms with Gasteiger partial charge in [0.1, 0.15) is 0 Å². The highest BCUT2D eigenvalue weighted by Crippen LogP contribution is 2.47. The molecule has 1 aromatic carbocycles. The second-order valence-electron chi connectivity index (χ2n) is 5.85. The van der Waals surface area contributed by atoms with Crippen LogP contribution in [0, 0.1) is 11.3 Å². The molecule has 1 fully saturated rings. The molecule has 1 atom stereocenters. The first-order valence-corrected chi connectivity index (χ1v) is 6.65. The van der Waals surface area contributed by atoms with Crippen LogP contribution in [-0.4, -0.2) is 21.5 Å². The first-order valence-electron chi connectivity index (χ1n) is 6.65. The summed E-state index contributed by atoms with van der Waals surface area (Å²) in [6.45, 7) is 2.44. The van der Waals surface area contributed by atoms with Gasteiger partial charge >= 0.3 is 0 Å². The highest BCUT2D eigenvalue weighted by Gasteiger charge is 2.41. The van der Waals surface area contributed by atoms with E-state index in [2.05, 4.69) is 30.2 Å². The van der Waals surface area contributed by atoms with Crippen LogP contribution in [0.5, 0.6) is 0 Å². The number of fused-ring (bicyclic) bond motifs is 1. The van der Waals surface area contributed by atoms with Gasteiger partial charge in [-0.05, 0) is 36.7 Å². The normalized spacial score (nSPS) is 19.1. The maximum Gasteiger partial charge on any atom is 0.0709 e. The average Bonchev–Trinajstić information content (AvgIpc) is 3.18. The molecule has 0 radical (unpaired) electrons. The van der Waals surface area contributed by atoms with Gasteiger partial charge in [0, 0.05) is 19.0 Å². The van der Waals surface area contributed by atoms with Crippen molar-refractivity contribution in [2.75, 3.05) is 6.61 Å². The molecule has 0 amide bonds. The molecule has 2 aromatic rings. The van der Waals surface area contributed by atoms with Crippen molar-refractivity contribution in [3.63, 3.8) is 0 Å². The minimum Gasteiger partial charge on any atom is -0.396 e. The Morgan fingerprint density at radius 3 is 2.78 bits per heavy atom. The zero-order valence-electron chi connectivity index (χ0n) is 11.1. The first kappa shape index (κ1) is 11.7. The van der Waals surface area contributed by atoms with Crippen molar-refractivity contribution in [3.8, 4) is 0 Å². The molecular weight excluding hydrogens is 224 g/mol. The molecule has 1 heterocycles. The zero-order chi connectivity index (χ0) is 12.8. The summed E-state index contributed by atoms with van der Waals surface area (Å²) in [5, 5.41) is 15.6. The van der Waals surface area contributed by atoms with E-state index in [1.165, 1.54) is 23.7 Å². The molecule has 1 N–H and O–H groups in total. The van der Waals surface area contributed by atoms with Crippen molar-refractivity contribution in [1.82, 2.24) is 9.78 Å². The van der Waals surface area contributed by atoms with Gasteiger partial charge in [0.15, 0.2) is 0 Å². The summed E-state index contributed by atoms with van der Waals surface area (Å²) in [6.07, 6.45) is 3.37. The van der Waals surface area contributed by atoms with Crippen LogP contribution in [0.15, 0.2) is 24.3 Å². The molecule has 0 saturated heterocycles. The molecule has 3 rings (SSSR count). The van der Waals surface area contributed by atoms with Crippen molar-refractivity contribution < 1.29 is 5.11 Å². The lowest BCUT2D eigenvalue weighted by Crippen LogP contribution is -2.27. The van der Waals surface area contributed by atoms with Crippen LogP contribution in [0.3, 0.4) is 0 Å². The summed E-state index contributed by atoms with van der Waals surface area (Å²) >= 11 is 0. The fourth-order valence-electron chi connectivity index (χ4n) is 2.91. The van der Waals surface area contributed by atoms with Gasteiger partial charge in [-0.3, -0.25) is 4.68 Å². The smallest absolute Gasteiger partial charge is 0.0709 e. The monoisotopic (exact) mass is 244 g/mol. The highest BCUT2D eigenvalue weighted by molar-refractivity contribution is 5.81. The van der Waals surface area contributed by atoms with Crippen molar-refractivity contribution in [1.29, 1.82) is 0 Å². The maximum atomic E-state index is 9.70. The molecule has 0 bridgehead atoms. The topological polar surface area (TPSA) is 38.0 Å². The fourth-order valence-corrected chi connectivity index (χ4v) is 2.91. The molecule has 18 heavy (non-hydrogen) atoms. The quantitative estimate of drug-likeness (QED) is 0.897. The molecule has 1 unspecified atom stereocenters. The van der Waals surface area contributed by atoms with E-state index >= 15 is 0 Å². The van der Waals surface area contributed by atoms with E-state index in [0.29, 0.717) is 5.92 Å². The minimum atomic E-state index is -0.00285. The van der Waals surface area contributed by atoms with E-state index in [9.17, 15) is 5.11 Å². The van der Waals surface area contributed by atoms with Gasteiger partial charge in [0.25, 0.3) is 0 Å². The molecule has 3 heteroatoms. The first-order chi connectivity index (χ1) is 8.64. The Labute approximate surface area is 107 Å². The van der Waals surface area contributed by atoms with Gasteiger partial charge < -0.3 is 5.11 Å². The molecule has 1 aliphatic rings. The van der Waals surface area contributed by atoms with E-state index in [0.717, 1.165) is 12.1 Å². The van der Waals surface area contributed by atoms with E-state index in [-0.39, 0.29) is 12.0 Å². The van der Waals surface area contributed by atoms with Crippen molar-refractivity contribution >= 4 is 10.9 Å². The summed E-state index contributed by atoms with van der Waals surface area (Å²) in [5.74, 6) is 0.670. The second-order valence-corrected chi connectivity index (χ2v) is 5.85. The van der Waals surface area contributed by atoms with Crippen LogP contribution < -0.4 is 0 Å². The van der Waals surface area contributed by atoms with Crippen LogP contribution in [0.1, 0.15) is 25.5 Å². The van der Waals surface area contributed by atoms with Gasteiger partial charge in [-0.2, -0.15) is 5.10 Å². The number of aryl methyl sites for hydroxylation is 1. The lowest BCUT2D eigenvalue weighted by Gasteiger charge is -2.26. The van der Waals surface area contributed by atoms with Crippen LogP contribution in [-0.2, 0) is 13.5 Å². The number of rotatable bonds is 4. The third-order valence-electron chi connectivity index (χ3n) is 4.33. The fraction of sp³-hybridized carbons (Fsp3) is 0.533. The number of aliphatic hydroxyl groups excluding tert-OH is 1. The number of hydrogen-bond donors (Lipinski definition) is 1. The van der Waals surface area contributed by atoms with Crippen LogP contribution >= 0.6 is 0 Å². The molecule has 1 aliphatic carbocycles. The van der Waals surface area contributed by atoms with Crippen molar-refractivity contribution in [3.05, 3.63) is 30.0 Å². The standard InChI is InChI=1S/C15H20N2O/c1-15(10-18,11-7-8-11)9-13-12-5-3-4-6-14(12)17(2)16-13/h3-6,11,18H,7-10H2,1-2H3. The number of hydrogen-bond acceptors (Lipinski definition) is 2. The van der Waals surface area contributed by atoms with Crippen molar-refractivity contribution in [2.24, 2.45) is 18.4 Å². The third kappa shape index (κ3) is 1.83. The van der Waals surface area contributed by atoms with Crippen molar-refractivity contribution in [2.45, 2.75) is 26.2 Å². The van der Waals surface area contributed by atoms with Gasteiger partial charge in [-0.15, -0.1) is 0 Å². The average molecular weight is 244 g/mol. The summed E-state index contributed by atoms with van der Waals surface area (Å²) < 4.78 is 1.94.